The molecule has 0 aliphatic rings. The fourth-order valence-electron chi connectivity index (χ4n) is 2.46. The SMILES string of the molecule is Cc1cc(=O)oc2cc(OCC(=O)NNC(=O)COc3cccc(Cl)c3)ccc12. The third-order valence-electron chi connectivity index (χ3n) is 3.80. The second kappa shape index (κ2) is 9.11. The van der Waals surface area contributed by atoms with Crippen LogP contribution in [0.25, 0.3) is 11.0 Å². The Hall–Kier alpha value is -3.52. The van der Waals surface area contributed by atoms with Gasteiger partial charge in [-0.15, -0.1) is 0 Å². The molecular weight excluding hydrogens is 400 g/mol. The van der Waals surface area contributed by atoms with Gasteiger partial charge in [0.2, 0.25) is 0 Å². The largest absolute Gasteiger partial charge is 0.484 e. The smallest absolute Gasteiger partial charge is 0.336 e. The molecule has 3 rings (SSSR count). The number of hydrogen-bond donors (Lipinski definition) is 2. The van der Waals surface area contributed by atoms with E-state index in [-0.39, 0.29) is 13.2 Å². The molecule has 29 heavy (non-hydrogen) atoms. The second-order valence-electron chi connectivity index (χ2n) is 6.04. The minimum absolute atomic E-state index is 0.301. The number of aryl methyl sites for hydroxylation is 1. The number of benzene rings is 2. The van der Waals surface area contributed by atoms with Gasteiger partial charge in [-0.3, -0.25) is 20.4 Å². The Morgan fingerprint density at radius 1 is 0.966 bits per heavy atom. The Morgan fingerprint density at radius 2 is 1.62 bits per heavy atom. The number of fused-ring (bicyclic) bond motifs is 1. The monoisotopic (exact) mass is 416 g/mol. The van der Waals surface area contributed by atoms with Crippen LogP contribution in [-0.4, -0.2) is 25.0 Å². The Kier molecular flexibility index (Phi) is 6.36. The molecule has 0 spiro atoms. The zero-order valence-corrected chi connectivity index (χ0v) is 16.1. The zero-order chi connectivity index (χ0) is 20.8. The van der Waals surface area contributed by atoms with E-state index in [2.05, 4.69) is 10.9 Å². The Labute approximate surface area is 170 Å². The lowest BCUT2D eigenvalue weighted by Gasteiger charge is -2.10. The van der Waals surface area contributed by atoms with Crippen LogP contribution in [0.2, 0.25) is 5.02 Å². The first-order valence-electron chi connectivity index (χ1n) is 8.54. The average Bonchev–Trinajstić information content (AvgIpc) is 2.68. The summed E-state index contributed by atoms with van der Waals surface area (Å²) in [7, 11) is 0. The number of hydrazine groups is 1. The van der Waals surface area contributed by atoms with Crippen LogP contribution in [0.15, 0.2) is 57.7 Å². The molecule has 0 aliphatic heterocycles. The lowest BCUT2D eigenvalue weighted by molar-refractivity contribution is -0.131. The van der Waals surface area contributed by atoms with Gasteiger partial charge >= 0.3 is 5.63 Å². The number of hydrogen-bond acceptors (Lipinski definition) is 6. The van der Waals surface area contributed by atoms with Crippen molar-refractivity contribution in [1.29, 1.82) is 0 Å². The van der Waals surface area contributed by atoms with Gasteiger partial charge < -0.3 is 13.9 Å². The summed E-state index contributed by atoms with van der Waals surface area (Å²) < 4.78 is 15.7. The first-order chi connectivity index (χ1) is 13.9. The molecular formula is C20H17ClN2O6. The quantitative estimate of drug-likeness (QED) is 0.472. The first kappa shape index (κ1) is 20.2. The van der Waals surface area contributed by atoms with Gasteiger partial charge in [0.05, 0.1) is 0 Å². The number of halogens is 1. The summed E-state index contributed by atoms with van der Waals surface area (Å²) >= 11 is 5.82. The molecule has 0 fully saturated rings. The average molecular weight is 417 g/mol. The van der Waals surface area contributed by atoms with E-state index >= 15 is 0 Å². The van der Waals surface area contributed by atoms with Crippen molar-refractivity contribution in [3.63, 3.8) is 0 Å². The predicted octanol–water partition coefficient (Wildman–Crippen LogP) is 2.36. The summed E-state index contributed by atoms with van der Waals surface area (Å²) in [4.78, 5) is 35.0. The number of carbonyl (C=O) groups excluding carboxylic acids is 2. The molecule has 0 atom stereocenters. The van der Waals surface area contributed by atoms with Gasteiger partial charge in [0.25, 0.3) is 11.8 Å². The fraction of sp³-hybridized carbons (Fsp3) is 0.150. The van der Waals surface area contributed by atoms with E-state index < -0.39 is 17.4 Å². The number of carbonyl (C=O) groups is 2. The Morgan fingerprint density at radius 3 is 2.28 bits per heavy atom. The topological polar surface area (TPSA) is 107 Å². The van der Waals surface area contributed by atoms with Crippen LogP contribution in [0.5, 0.6) is 11.5 Å². The van der Waals surface area contributed by atoms with Crippen LogP contribution in [0, 0.1) is 6.92 Å². The van der Waals surface area contributed by atoms with Crippen LogP contribution in [0.3, 0.4) is 0 Å². The number of nitrogens with one attached hydrogen (secondary N) is 2. The molecule has 0 unspecified atom stereocenters. The van der Waals surface area contributed by atoms with Gasteiger partial charge in [-0.2, -0.15) is 0 Å². The van der Waals surface area contributed by atoms with Gasteiger partial charge in [0.15, 0.2) is 13.2 Å². The molecule has 0 radical (unpaired) electrons. The standard InChI is InChI=1S/C20H17ClN2O6/c1-12-7-20(26)29-17-9-15(5-6-16(12)17)28-11-19(25)23-22-18(24)10-27-14-4-2-3-13(21)8-14/h2-9H,10-11H2,1H3,(H,22,24)(H,23,25). The van der Waals surface area contributed by atoms with E-state index in [9.17, 15) is 14.4 Å². The van der Waals surface area contributed by atoms with Crippen molar-refractivity contribution in [2.24, 2.45) is 0 Å². The first-order valence-corrected chi connectivity index (χ1v) is 8.92. The van der Waals surface area contributed by atoms with E-state index in [1.54, 1.807) is 43.3 Å². The van der Waals surface area contributed by atoms with Crippen molar-refractivity contribution < 1.29 is 23.5 Å². The maximum Gasteiger partial charge on any atom is 0.336 e. The van der Waals surface area contributed by atoms with Crippen LogP contribution in [-0.2, 0) is 9.59 Å². The van der Waals surface area contributed by atoms with Gasteiger partial charge in [0.1, 0.15) is 17.1 Å². The maximum atomic E-state index is 11.8. The number of rotatable bonds is 6. The van der Waals surface area contributed by atoms with Crippen molar-refractivity contribution in [2.45, 2.75) is 6.92 Å². The Balaban J connectivity index is 1.45. The van der Waals surface area contributed by atoms with Crippen molar-refractivity contribution in [3.8, 4) is 11.5 Å². The number of ether oxygens (including phenoxy) is 2. The molecule has 2 aromatic carbocycles. The highest BCUT2D eigenvalue weighted by molar-refractivity contribution is 6.30. The highest BCUT2D eigenvalue weighted by Crippen LogP contribution is 2.22. The summed E-state index contributed by atoms with van der Waals surface area (Å²) in [5.74, 6) is -0.356. The van der Waals surface area contributed by atoms with E-state index in [1.165, 1.54) is 12.1 Å². The molecule has 2 amide bonds. The van der Waals surface area contributed by atoms with Crippen LogP contribution < -0.4 is 26.0 Å². The van der Waals surface area contributed by atoms with Crippen LogP contribution in [0.4, 0.5) is 0 Å². The molecule has 150 valence electrons. The third kappa shape index (κ3) is 5.73. The molecule has 0 saturated heterocycles. The lowest BCUT2D eigenvalue weighted by atomic mass is 10.1. The fourth-order valence-corrected chi connectivity index (χ4v) is 2.64. The molecule has 0 bridgehead atoms. The molecule has 9 heteroatoms. The van der Waals surface area contributed by atoms with E-state index in [1.807, 2.05) is 0 Å². The highest BCUT2D eigenvalue weighted by Gasteiger charge is 2.08. The van der Waals surface area contributed by atoms with Gasteiger partial charge in [0, 0.05) is 22.5 Å². The minimum Gasteiger partial charge on any atom is -0.484 e. The second-order valence-corrected chi connectivity index (χ2v) is 6.47. The van der Waals surface area contributed by atoms with Gasteiger partial charge in [-0.25, -0.2) is 4.79 Å². The molecule has 0 aliphatic carbocycles. The number of amides is 2. The van der Waals surface area contributed by atoms with Crippen molar-refractivity contribution in [2.75, 3.05) is 13.2 Å². The predicted molar refractivity (Wildman–Crippen MR) is 106 cm³/mol. The Bertz CT molecular complexity index is 1110. The molecule has 1 heterocycles. The zero-order valence-electron chi connectivity index (χ0n) is 15.4. The minimum atomic E-state index is -0.577. The molecule has 1 aromatic heterocycles. The molecule has 0 saturated carbocycles. The maximum absolute atomic E-state index is 11.8. The van der Waals surface area contributed by atoms with Crippen molar-refractivity contribution in [1.82, 2.24) is 10.9 Å². The summed E-state index contributed by atoms with van der Waals surface area (Å²) in [6, 6.07) is 12.9. The summed E-state index contributed by atoms with van der Waals surface area (Å²) in [6.07, 6.45) is 0. The molecule has 2 N–H and O–H groups in total. The van der Waals surface area contributed by atoms with Gasteiger partial charge in [-0.05, 0) is 42.8 Å². The van der Waals surface area contributed by atoms with E-state index in [0.29, 0.717) is 22.1 Å². The summed E-state index contributed by atoms with van der Waals surface area (Å²) in [5.41, 5.74) is 5.10. The molecule has 3 aromatic rings. The van der Waals surface area contributed by atoms with E-state index in [0.717, 1.165) is 10.9 Å². The van der Waals surface area contributed by atoms with Gasteiger partial charge in [-0.1, -0.05) is 17.7 Å². The van der Waals surface area contributed by atoms with Crippen molar-refractivity contribution >= 4 is 34.4 Å². The van der Waals surface area contributed by atoms with Crippen molar-refractivity contribution in [3.05, 3.63) is 69.5 Å². The van der Waals surface area contributed by atoms with Crippen LogP contribution >= 0.6 is 11.6 Å². The lowest BCUT2D eigenvalue weighted by Crippen LogP contribution is -2.45. The van der Waals surface area contributed by atoms with E-state index in [4.69, 9.17) is 25.5 Å². The summed E-state index contributed by atoms with van der Waals surface area (Å²) in [5, 5.41) is 1.25. The normalized spacial score (nSPS) is 10.4. The summed E-state index contributed by atoms with van der Waals surface area (Å²) in [6.45, 7) is 1.15. The van der Waals surface area contributed by atoms with Crippen LogP contribution in [0.1, 0.15) is 5.56 Å². The molecule has 8 nitrogen and oxygen atoms in total. The third-order valence-corrected chi connectivity index (χ3v) is 4.04. The highest BCUT2D eigenvalue weighted by atomic mass is 35.5.